The number of carbonyl (C=O) groups is 1. The SMILES string of the molecule is Cc1cc(C)c(/C=C/C(=O)O)c(OCCN(C)C)c1. The van der Waals surface area contributed by atoms with Crippen molar-refractivity contribution in [2.45, 2.75) is 13.8 Å². The molecule has 0 aliphatic rings. The van der Waals surface area contributed by atoms with Crippen molar-refractivity contribution in [1.29, 1.82) is 0 Å². The zero-order valence-corrected chi connectivity index (χ0v) is 11.9. The Kier molecular flexibility index (Phi) is 5.57. The maximum atomic E-state index is 10.6. The largest absolute Gasteiger partial charge is 0.492 e. The first-order chi connectivity index (χ1) is 8.90. The minimum atomic E-state index is -0.959. The number of carboxylic acid groups (broad SMARTS) is 1. The summed E-state index contributed by atoms with van der Waals surface area (Å²) in [6.45, 7) is 5.34. The van der Waals surface area contributed by atoms with Crippen molar-refractivity contribution in [3.63, 3.8) is 0 Å². The van der Waals surface area contributed by atoms with Gasteiger partial charge in [-0.15, -0.1) is 0 Å². The molecule has 0 bridgehead atoms. The maximum absolute atomic E-state index is 10.6. The number of likely N-dealkylation sites (N-methyl/N-ethyl adjacent to an activating group) is 1. The Hall–Kier alpha value is -1.81. The minimum absolute atomic E-state index is 0.573. The van der Waals surface area contributed by atoms with E-state index in [1.165, 1.54) is 0 Å². The average molecular weight is 263 g/mol. The zero-order chi connectivity index (χ0) is 14.4. The van der Waals surface area contributed by atoms with E-state index in [0.717, 1.165) is 35.1 Å². The van der Waals surface area contributed by atoms with Crippen LogP contribution in [-0.2, 0) is 4.79 Å². The van der Waals surface area contributed by atoms with Crippen molar-refractivity contribution in [3.8, 4) is 5.75 Å². The topological polar surface area (TPSA) is 49.8 Å². The second-order valence-electron chi connectivity index (χ2n) is 4.82. The number of hydrogen-bond donors (Lipinski definition) is 1. The third-order valence-electron chi connectivity index (χ3n) is 2.68. The zero-order valence-electron chi connectivity index (χ0n) is 11.9. The van der Waals surface area contributed by atoms with Gasteiger partial charge in [-0.25, -0.2) is 4.79 Å². The van der Waals surface area contributed by atoms with Gasteiger partial charge in [-0.05, 0) is 51.2 Å². The summed E-state index contributed by atoms with van der Waals surface area (Å²) >= 11 is 0. The molecule has 0 aromatic heterocycles. The highest BCUT2D eigenvalue weighted by molar-refractivity contribution is 5.86. The minimum Gasteiger partial charge on any atom is -0.492 e. The van der Waals surface area contributed by atoms with Crippen molar-refractivity contribution in [3.05, 3.63) is 34.9 Å². The van der Waals surface area contributed by atoms with Crippen LogP contribution < -0.4 is 4.74 Å². The Morgan fingerprint density at radius 1 is 1.37 bits per heavy atom. The van der Waals surface area contributed by atoms with Crippen LogP contribution in [0, 0.1) is 13.8 Å². The molecule has 1 rings (SSSR count). The van der Waals surface area contributed by atoms with E-state index in [1.54, 1.807) is 6.08 Å². The molecule has 0 spiro atoms. The molecular formula is C15H21NO3. The lowest BCUT2D eigenvalue weighted by Crippen LogP contribution is -2.19. The van der Waals surface area contributed by atoms with Gasteiger partial charge in [-0.1, -0.05) is 6.07 Å². The van der Waals surface area contributed by atoms with E-state index in [1.807, 2.05) is 45.0 Å². The summed E-state index contributed by atoms with van der Waals surface area (Å²) in [5, 5.41) is 8.73. The van der Waals surface area contributed by atoms with Gasteiger partial charge >= 0.3 is 5.97 Å². The van der Waals surface area contributed by atoms with Gasteiger partial charge in [0.15, 0.2) is 0 Å². The number of aliphatic carboxylic acids is 1. The van der Waals surface area contributed by atoms with Crippen LogP contribution in [0.25, 0.3) is 6.08 Å². The smallest absolute Gasteiger partial charge is 0.328 e. The van der Waals surface area contributed by atoms with E-state index < -0.39 is 5.97 Å². The van der Waals surface area contributed by atoms with Crippen LogP contribution in [-0.4, -0.2) is 43.2 Å². The van der Waals surface area contributed by atoms with Crippen LogP contribution in [0.5, 0.6) is 5.75 Å². The molecule has 0 saturated carbocycles. The fourth-order valence-electron chi connectivity index (χ4n) is 1.77. The van der Waals surface area contributed by atoms with Gasteiger partial charge in [-0.2, -0.15) is 0 Å². The van der Waals surface area contributed by atoms with Crippen LogP contribution in [0.1, 0.15) is 16.7 Å². The van der Waals surface area contributed by atoms with Gasteiger partial charge in [0, 0.05) is 18.2 Å². The number of rotatable bonds is 6. The monoisotopic (exact) mass is 263 g/mol. The Morgan fingerprint density at radius 2 is 2.05 bits per heavy atom. The van der Waals surface area contributed by atoms with Crippen LogP contribution in [0.4, 0.5) is 0 Å². The van der Waals surface area contributed by atoms with Crippen LogP contribution >= 0.6 is 0 Å². The molecule has 19 heavy (non-hydrogen) atoms. The predicted molar refractivity (Wildman–Crippen MR) is 76.6 cm³/mol. The van der Waals surface area contributed by atoms with Crippen molar-refractivity contribution in [2.24, 2.45) is 0 Å². The van der Waals surface area contributed by atoms with E-state index in [2.05, 4.69) is 0 Å². The second kappa shape index (κ2) is 6.95. The van der Waals surface area contributed by atoms with Crippen LogP contribution in [0.2, 0.25) is 0 Å². The van der Waals surface area contributed by atoms with E-state index in [0.29, 0.717) is 6.61 Å². The number of nitrogens with zero attached hydrogens (tertiary/aromatic N) is 1. The van der Waals surface area contributed by atoms with Crippen molar-refractivity contribution >= 4 is 12.0 Å². The first kappa shape index (κ1) is 15.2. The van der Waals surface area contributed by atoms with Gasteiger partial charge in [0.05, 0.1) is 0 Å². The van der Waals surface area contributed by atoms with Crippen molar-refractivity contribution in [2.75, 3.05) is 27.2 Å². The number of benzene rings is 1. The third kappa shape index (κ3) is 5.14. The fraction of sp³-hybridized carbons (Fsp3) is 0.400. The molecule has 104 valence electrons. The van der Waals surface area contributed by atoms with Crippen LogP contribution in [0.15, 0.2) is 18.2 Å². The summed E-state index contributed by atoms with van der Waals surface area (Å²) in [6.07, 6.45) is 2.72. The van der Waals surface area contributed by atoms with Gasteiger partial charge in [0.25, 0.3) is 0 Å². The molecule has 0 aliphatic heterocycles. The van der Waals surface area contributed by atoms with Crippen molar-refractivity contribution < 1.29 is 14.6 Å². The summed E-state index contributed by atoms with van der Waals surface area (Å²) < 4.78 is 5.76. The molecule has 0 saturated heterocycles. The summed E-state index contributed by atoms with van der Waals surface area (Å²) in [6, 6.07) is 3.95. The quantitative estimate of drug-likeness (QED) is 0.800. The highest BCUT2D eigenvalue weighted by Gasteiger charge is 2.06. The van der Waals surface area contributed by atoms with E-state index in [-0.39, 0.29) is 0 Å². The van der Waals surface area contributed by atoms with Gasteiger partial charge < -0.3 is 14.7 Å². The standard InChI is InChI=1S/C15H21NO3/c1-11-9-12(2)13(5-6-15(17)18)14(10-11)19-8-7-16(3)4/h5-6,9-10H,7-8H2,1-4H3,(H,17,18)/b6-5+. The van der Waals surface area contributed by atoms with Gasteiger partial charge in [0.2, 0.25) is 0 Å². The molecule has 0 fully saturated rings. The summed E-state index contributed by atoms with van der Waals surface area (Å²) in [4.78, 5) is 12.7. The lowest BCUT2D eigenvalue weighted by molar-refractivity contribution is -0.131. The molecule has 1 N–H and O–H groups in total. The number of hydrogen-bond acceptors (Lipinski definition) is 3. The molecule has 0 unspecified atom stereocenters. The second-order valence-corrected chi connectivity index (χ2v) is 4.82. The predicted octanol–water partition coefficient (Wildman–Crippen LogP) is 2.34. The molecule has 0 aliphatic carbocycles. The Morgan fingerprint density at radius 3 is 2.63 bits per heavy atom. The van der Waals surface area contributed by atoms with Crippen molar-refractivity contribution in [1.82, 2.24) is 4.90 Å². The number of ether oxygens (including phenoxy) is 1. The maximum Gasteiger partial charge on any atom is 0.328 e. The lowest BCUT2D eigenvalue weighted by atomic mass is 10.0. The van der Waals surface area contributed by atoms with Gasteiger partial charge in [-0.3, -0.25) is 0 Å². The number of aryl methyl sites for hydroxylation is 2. The summed E-state index contributed by atoms with van der Waals surface area (Å²) in [5.41, 5.74) is 2.94. The first-order valence-corrected chi connectivity index (χ1v) is 6.20. The molecular weight excluding hydrogens is 242 g/mol. The Bertz CT molecular complexity index is 479. The average Bonchev–Trinajstić information content (AvgIpc) is 2.26. The van der Waals surface area contributed by atoms with Gasteiger partial charge in [0.1, 0.15) is 12.4 Å². The summed E-state index contributed by atoms with van der Waals surface area (Å²) in [7, 11) is 3.96. The molecule has 0 atom stereocenters. The van der Waals surface area contributed by atoms with E-state index in [4.69, 9.17) is 9.84 Å². The summed E-state index contributed by atoms with van der Waals surface area (Å²) in [5.74, 6) is -0.226. The first-order valence-electron chi connectivity index (χ1n) is 6.20. The van der Waals surface area contributed by atoms with Crippen LogP contribution in [0.3, 0.4) is 0 Å². The van der Waals surface area contributed by atoms with E-state index in [9.17, 15) is 4.79 Å². The highest BCUT2D eigenvalue weighted by Crippen LogP contribution is 2.25. The molecule has 0 heterocycles. The molecule has 0 radical (unpaired) electrons. The normalized spacial score (nSPS) is 11.2. The van der Waals surface area contributed by atoms with E-state index >= 15 is 0 Å². The molecule has 4 nitrogen and oxygen atoms in total. The molecule has 1 aromatic carbocycles. The molecule has 0 amide bonds. The Labute approximate surface area is 114 Å². The lowest BCUT2D eigenvalue weighted by Gasteiger charge is -2.15. The highest BCUT2D eigenvalue weighted by atomic mass is 16.5. The Balaban J connectivity index is 2.96. The number of carboxylic acids is 1. The molecule has 1 aromatic rings. The fourth-order valence-corrected chi connectivity index (χ4v) is 1.77. The third-order valence-corrected chi connectivity index (χ3v) is 2.68. The molecule has 4 heteroatoms.